The van der Waals surface area contributed by atoms with Crippen LogP contribution in [-0.2, 0) is 18.4 Å². The number of hydrogen-bond acceptors (Lipinski definition) is 7. The summed E-state index contributed by atoms with van der Waals surface area (Å²) in [4.78, 5) is 32.8. The van der Waals surface area contributed by atoms with E-state index in [4.69, 9.17) is 17.2 Å². The number of nitrogens with zero attached hydrogens (tertiary/aromatic N) is 4. The summed E-state index contributed by atoms with van der Waals surface area (Å²) in [5, 5.41) is 0.768. The van der Waals surface area contributed by atoms with Crippen LogP contribution < -0.4 is 14.8 Å². The van der Waals surface area contributed by atoms with Gasteiger partial charge in [-0.05, 0) is 31.6 Å². The van der Waals surface area contributed by atoms with E-state index < -0.39 is 0 Å². The van der Waals surface area contributed by atoms with Gasteiger partial charge >= 0.3 is 0 Å². The minimum absolute atomic E-state index is 0.108. The van der Waals surface area contributed by atoms with E-state index in [-0.39, 0.29) is 11.5 Å². The molecule has 1 fully saturated rings. The third-order valence-corrected chi connectivity index (χ3v) is 9.14. The predicted octanol–water partition coefficient (Wildman–Crippen LogP) is 3.36. The van der Waals surface area contributed by atoms with Crippen molar-refractivity contribution in [1.29, 1.82) is 0 Å². The molecule has 3 aromatic heterocycles. The van der Waals surface area contributed by atoms with Crippen molar-refractivity contribution in [1.82, 2.24) is 19.0 Å². The molecule has 4 aromatic rings. The van der Waals surface area contributed by atoms with Gasteiger partial charge in [-0.25, -0.2) is 4.98 Å². The first kappa shape index (κ1) is 22.3. The normalized spacial score (nSPS) is 16.6. The number of thioether (sulfide) groups is 1. The molecular formula is C23H20N4O2S4. The maximum absolute atomic E-state index is 13.1. The molecule has 0 radical (unpaired) electrons. The van der Waals surface area contributed by atoms with Crippen molar-refractivity contribution >= 4 is 78.2 Å². The van der Waals surface area contributed by atoms with Gasteiger partial charge < -0.3 is 4.57 Å². The van der Waals surface area contributed by atoms with Crippen molar-refractivity contribution in [2.45, 2.75) is 20.4 Å². The summed E-state index contributed by atoms with van der Waals surface area (Å²) in [5.74, 6) is -0.129. The Kier molecular flexibility index (Phi) is 5.86. The Morgan fingerprint density at radius 1 is 1.09 bits per heavy atom. The summed E-state index contributed by atoms with van der Waals surface area (Å²) < 4.78 is 6.55. The van der Waals surface area contributed by atoms with Crippen molar-refractivity contribution in [2.24, 2.45) is 7.05 Å². The van der Waals surface area contributed by atoms with Crippen LogP contribution in [0.15, 0.2) is 41.2 Å². The van der Waals surface area contributed by atoms with E-state index in [9.17, 15) is 9.59 Å². The monoisotopic (exact) mass is 512 g/mol. The molecule has 5 rings (SSSR count). The first-order chi connectivity index (χ1) is 15.9. The Morgan fingerprint density at radius 3 is 2.48 bits per heavy atom. The summed E-state index contributed by atoms with van der Waals surface area (Å²) in [6, 6.07) is 12.3. The summed E-state index contributed by atoms with van der Waals surface area (Å²) in [6.45, 7) is 4.80. The Bertz CT molecular complexity index is 1590. The van der Waals surface area contributed by atoms with Crippen molar-refractivity contribution in [3.05, 3.63) is 61.0 Å². The molecule has 4 heterocycles. The van der Waals surface area contributed by atoms with Crippen molar-refractivity contribution < 1.29 is 4.79 Å². The molecule has 1 aliphatic rings. The molecule has 1 aliphatic heterocycles. The number of rotatable bonds is 4. The lowest BCUT2D eigenvalue weighted by molar-refractivity contribution is -0.120. The minimum Gasteiger partial charge on any atom is -0.328 e. The molecule has 0 spiro atoms. The van der Waals surface area contributed by atoms with Gasteiger partial charge in [-0.2, -0.15) is 0 Å². The maximum Gasteiger partial charge on any atom is 0.269 e. The number of carbonyl (C=O) groups is 1. The van der Waals surface area contributed by atoms with E-state index in [1.54, 1.807) is 20.8 Å². The van der Waals surface area contributed by atoms with Gasteiger partial charge in [0, 0.05) is 20.1 Å². The topological polar surface area (TPSA) is 60.1 Å². The third-order valence-electron chi connectivity index (χ3n) is 5.51. The fourth-order valence-corrected chi connectivity index (χ4v) is 7.58. The molecule has 0 N–H and O–H groups in total. The largest absolute Gasteiger partial charge is 0.328 e. The van der Waals surface area contributed by atoms with E-state index in [2.05, 4.69) is 22.8 Å². The molecule has 33 heavy (non-hydrogen) atoms. The number of carbonyl (C=O) groups excluding carboxylic acids is 1. The van der Waals surface area contributed by atoms with Gasteiger partial charge in [-0.1, -0.05) is 54.3 Å². The molecular weight excluding hydrogens is 493 g/mol. The number of fused-ring (bicyclic) bond motifs is 1. The number of thiocarbonyl (C=S) groups is 1. The minimum atomic E-state index is -0.129. The summed E-state index contributed by atoms with van der Waals surface area (Å²) in [6.07, 6.45) is 1.83. The van der Waals surface area contributed by atoms with E-state index in [0.717, 1.165) is 26.6 Å². The van der Waals surface area contributed by atoms with Crippen LogP contribution in [0.4, 0.5) is 0 Å². The van der Waals surface area contributed by atoms with E-state index in [0.29, 0.717) is 31.5 Å². The van der Waals surface area contributed by atoms with E-state index in [1.165, 1.54) is 23.1 Å². The van der Waals surface area contributed by atoms with Crippen LogP contribution in [0.1, 0.15) is 18.9 Å². The van der Waals surface area contributed by atoms with Gasteiger partial charge in [-0.15, -0.1) is 22.7 Å². The molecule has 1 aromatic carbocycles. The highest BCUT2D eigenvalue weighted by atomic mass is 32.2. The number of thiazole rings is 2. The summed E-state index contributed by atoms with van der Waals surface area (Å²) in [5.41, 5.74) is 3.02. The standard InChI is InChI=1S/C23H20N4O2S4/c1-4-26-20(28)16(32-22(26)18-21(29)27(5-2)23(30)33-18)12-17-24-19-15(31-17)11-14(25(19)3)13-9-7-6-8-10-13/h6-12H,4-5H2,1-3H3/b16-12+,22-18+. The molecule has 6 nitrogen and oxygen atoms in total. The highest BCUT2D eigenvalue weighted by Crippen LogP contribution is 2.32. The van der Waals surface area contributed by atoms with Crippen LogP contribution in [0.2, 0.25) is 0 Å². The molecule has 1 amide bonds. The third kappa shape index (κ3) is 3.71. The van der Waals surface area contributed by atoms with Crippen LogP contribution in [0.5, 0.6) is 0 Å². The number of amides is 1. The average Bonchev–Trinajstić information content (AvgIpc) is 3.52. The zero-order valence-corrected chi connectivity index (χ0v) is 21.5. The number of benzene rings is 1. The van der Waals surface area contributed by atoms with Gasteiger partial charge in [0.25, 0.3) is 11.5 Å². The van der Waals surface area contributed by atoms with Crippen molar-refractivity contribution in [2.75, 3.05) is 6.54 Å². The fraction of sp³-hybridized carbons (Fsp3) is 0.217. The Hall–Kier alpha value is -2.53. The first-order valence-corrected chi connectivity index (χ1v) is 13.3. The Morgan fingerprint density at radius 2 is 1.85 bits per heavy atom. The van der Waals surface area contributed by atoms with Gasteiger partial charge in [0.15, 0.2) is 5.65 Å². The SMILES string of the molecule is CCN1C(=O)/C(=c2\s/c(=C/c3nc4c(cc(-c5ccccc5)n4C)s3)c(=O)n2CC)SC1=S. The fourth-order valence-electron chi connectivity index (χ4n) is 3.84. The number of aromatic nitrogens is 3. The summed E-state index contributed by atoms with van der Waals surface area (Å²) >= 11 is 9.50. The van der Waals surface area contributed by atoms with Crippen LogP contribution in [0.3, 0.4) is 0 Å². The molecule has 0 saturated carbocycles. The second-order valence-electron chi connectivity index (χ2n) is 7.41. The zero-order chi connectivity index (χ0) is 23.3. The van der Waals surface area contributed by atoms with Gasteiger partial charge in [-0.3, -0.25) is 19.1 Å². The molecule has 0 atom stereocenters. The molecule has 0 aliphatic carbocycles. The molecule has 1 saturated heterocycles. The van der Waals surface area contributed by atoms with E-state index >= 15 is 0 Å². The molecule has 10 heteroatoms. The van der Waals surface area contributed by atoms with Crippen LogP contribution in [0, 0.1) is 0 Å². The zero-order valence-electron chi connectivity index (χ0n) is 18.2. The Labute approximate surface area is 207 Å². The van der Waals surface area contributed by atoms with Crippen LogP contribution in [0.25, 0.3) is 32.6 Å². The summed E-state index contributed by atoms with van der Waals surface area (Å²) in [7, 11) is 2.00. The van der Waals surface area contributed by atoms with E-state index in [1.807, 2.05) is 45.2 Å². The lowest BCUT2D eigenvalue weighted by Crippen LogP contribution is -2.33. The highest BCUT2D eigenvalue weighted by molar-refractivity contribution is 8.30. The molecule has 168 valence electrons. The van der Waals surface area contributed by atoms with Crippen LogP contribution >= 0.6 is 46.7 Å². The molecule has 0 unspecified atom stereocenters. The maximum atomic E-state index is 13.1. The first-order valence-electron chi connectivity index (χ1n) is 10.4. The lowest BCUT2D eigenvalue weighted by atomic mass is 10.1. The highest BCUT2D eigenvalue weighted by Gasteiger charge is 2.32. The van der Waals surface area contributed by atoms with Crippen molar-refractivity contribution in [3.63, 3.8) is 0 Å². The van der Waals surface area contributed by atoms with Gasteiger partial charge in [0.2, 0.25) is 0 Å². The second kappa shape index (κ2) is 8.68. The smallest absolute Gasteiger partial charge is 0.269 e. The number of hydrogen-bond donors (Lipinski definition) is 0. The number of aryl methyl sites for hydroxylation is 1. The van der Waals surface area contributed by atoms with Crippen LogP contribution in [-0.4, -0.2) is 35.8 Å². The lowest BCUT2D eigenvalue weighted by Gasteiger charge is -2.09. The quantitative estimate of drug-likeness (QED) is 0.393. The average molecular weight is 513 g/mol. The Balaban J connectivity index is 1.62. The predicted molar refractivity (Wildman–Crippen MR) is 142 cm³/mol. The van der Waals surface area contributed by atoms with Gasteiger partial charge in [0.05, 0.1) is 14.9 Å². The van der Waals surface area contributed by atoms with Crippen molar-refractivity contribution in [3.8, 4) is 11.3 Å². The van der Waals surface area contributed by atoms with Gasteiger partial charge in [0.1, 0.15) is 18.9 Å². The second-order valence-corrected chi connectivity index (χ2v) is 11.1. The molecule has 0 bridgehead atoms.